The molecule has 1 aromatic carbocycles. The Kier molecular flexibility index (Phi) is 6.32. The SMILES string of the molecule is Cc1cccc(OCC(=O)NNC(=O)CNC(=O)c2cccs2)c1. The van der Waals surface area contributed by atoms with Crippen molar-refractivity contribution in [3.8, 4) is 5.75 Å². The lowest BCUT2D eigenvalue weighted by Gasteiger charge is -2.09. The summed E-state index contributed by atoms with van der Waals surface area (Å²) < 4.78 is 5.30. The van der Waals surface area contributed by atoms with Crippen LogP contribution < -0.4 is 20.9 Å². The molecule has 126 valence electrons. The van der Waals surface area contributed by atoms with E-state index in [0.717, 1.165) is 5.56 Å². The fraction of sp³-hybridized carbons (Fsp3) is 0.188. The van der Waals surface area contributed by atoms with Crippen LogP contribution in [-0.4, -0.2) is 30.9 Å². The summed E-state index contributed by atoms with van der Waals surface area (Å²) in [6, 6.07) is 10.7. The average Bonchev–Trinajstić information content (AvgIpc) is 3.10. The number of carbonyl (C=O) groups is 3. The van der Waals surface area contributed by atoms with Gasteiger partial charge in [0.25, 0.3) is 17.7 Å². The fourth-order valence-electron chi connectivity index (χ4n) is 1.73. The zero-order chi connectivity index (χ0) is 17.4. The van der Waals surface area contributed by atoms with Gasteiger partial charge in [0.15, 0.2) is 6.61 Å². The van der Waals surface area contributed by atoms with Gasteiger partial charge in [0.05, 0.1) is 11.4 Å². The van der Waals surface area contributed by atoms with Crippen LogP contribution in [0.25, 0.3) is 0 Å². The molecular weight excluding hydrogens is 330 g/mol. The van der Waals surface area contributed by atoms with Crippen molar-refractivity contribution in [1.82, 2.24) is 16.2 Å². The molecule has 0 bridgehead atoms. The zero-order valence-corrected chi connectivity index (χ0v) is 13.8. The highest BCUT2D eigenvalue weighted by Gasteiger charge is 2.09. The van der Waals surface area contributed by atoms with E-state index < -0.39 is 11.8 Å². The summed E-state index contributed by atoms with van der Waals surface area (Å²) in [5.74, 6) is -0.813. The van der Waals surface area contributed by atoms with Crippen molar-refractivity contribution in [2.24, 2.45) is 0 Å². The second-order valence-electron chi connectivity index (χ2n) is 4.86. The van der Waals surface area contributed by atoms with Crippen LogP contribution in [0.4, 0.5) is 0 Å². The Morgan fingerprint density at radius 3 is 2.58 bits per heavy atom. The van der Waals surface area contributed by atoms with Crippen LogP contribution >= 0.6 is 11.3 Å². The maximum atomic E-state index is 11.6. The highest BCUT2D eigenvalue weighted by molar-refractivity contribution is 7.12. The van der Waals surface area contributed by atoms with Gasteiger partial charge in [0, 0.05) is 0 Å². The minimum atomic E-state index is -0.538. The van der Waals surface area contributed by atoms with E-state index in [1.54, 1.807) is 29.6 Å². The Bertz CT molecular complexity index is 716. The van der Waals surface area contributed by atoms with Crippen molar-refractivity contribution < 1.29 is 19.1 Å². The molecule has 0 fully saturated rings. The lowest BCUT2D eigenvalue weighted by Crippen LogP contribution is -2.47. The van der Waals surface area contributed by atoms with E-state index in [-0.39, 0.29) is 19.1 Å². The van der Waals surface area contributed by atoms with Crippen molar-refractivity contribution in [3.05, 3.63) is 52.2 Å². The van der Waals surface area contributed by atoms with E-state index in [1.165, 1.54) is 11.3 Å². The van der Waals surface area contributed by atoms with Crippen LogP contribution in [0.3, 0.4) is 0 Å². The molecule has 2 aromatic rings. The van der Waals surface area contributed by atoms with Gasteiger partial charge in [-0.05, 0) is 36.1 Å². The largest absolute Gasteiger partial charge is 0.484 e. The third kappa shape index (κ3) is 5.73. The minimum Gasteiger partial charge on any atom is -0.484 e. The van der Waals surface area contributed by atoms with Gasteiger partial charge >= 0.3 is 0 Å². The molecule has 1 heterocycles. The van der Waals surface area contributed by atoms with Crippen molar-refractivity contribution in [2.75, 3.05) is 13.2 Å². The van der Waals surface area contributed by atoms with E-state index in [4.69, 9.17) is 4.74 Å². The molecule has 1 aromatic heterocycles. The Morgan fingerprint density at radius 1 is 1.08 bits per heavy atom. The lowest BCUT2D eigenvalue weighted by atomic mass is 10.2. The Labute approximate surface area is 143 Å². The fourth-order valence-corrected chi connectivity index (χ4v) is 2.37. The van der Waals surface area contributed by atoms with Crippen molar-refractivity contribution in [2.45, 2.75) is 6.92 Å². The molecule has 0 atom stereocenters. The number of hydrazine groups is 1. The second kappa shape index (κ2) is 8.68. The number of benzene rings is 1. The smallest absolute Gasteiger partial charge is 0.276 e. The number of nitrogens with one attached hydrogen (secondary N) is 3. The van der Waals surface area contributed by atoms with Crippen LogP contribution in [-0.2, 0) is 9.59 Å². The van der Waals surface area contributed by atoms with Crippen LogP contribution in [0.2, 0.25) is 0 Å². The molecule has 0 spiro atoms. The van der Waals surface area contributed by atoms with E-state index >= 15 is 0 Å². The zero-order valence-electron chi connectivity index (χ0n) is 13.0. The van der Waals surface area contributed by atoms with Gasteiger partial charge in [-0.3, -0.25) is 25.2 Å². The molecule has 0 saturated heterocycles. The van der Waals surface area contributed by atoms with Gasteiger partial charge in [0.1, 0.15) is 5.75 Å². The number of rotatable bonds is 6. The summed E-state index contributed by atoms with van der Waals surface area (Å²) in [7, 11) is 0. The van der Waals surface area contributed by atoms with Gasteiger partial charge in [-0.25, -0.2) is 0 Å². The van der Waals surface area contributed by atoms with Crippen LogP contribution in [0, 0.1) is 6.92 Å². The molecule has 0 aliphatic carbocycles. The summed E-state index contributed by atoms with van der Waals surface area (Å²) in [6.45, 7) is 1.44. The minimum absolute atomic E-state index is 0.231. The number of ether oxygens (including phenoxy) is 1. The first-order valence-corrected chi connectivity index (χ1v) is 8.01. The van der Waals surface area contributed by atoms with E-state index in [2.05, 4.69) is 16.2 Å². The Hall–Kier alpha value is -2.87. The molecule has 7 nitrogen and oxygen atoms in total. The summed E-state index contributed by atoms with van der Waals surface area (Å²) in [6.07, 6.45) is 0. The van der Waals surface area contributed by atoms with Crippen molar-refractivity contribution in [3.63, 3.8) is 0 Å². The molecule has 24 heavy (non-hydrogen) atoms. The maximum Gasteiger partial charge on any atom is 0.276 e. The molecular formula is C16H17N3O4S. The predicted octanol–water partition coefficient (Wildman–Crippen LogP) is 1.01. The molecule has 3 amide bonds. The third-order valence-electron chi connectivity index (χ3n) is 2.86. The molecule has 0 unspecified atom stereocenters. The molecule has 0 saturated carbocycles. The van der Waals surface area contributed by atoms with Crippen molar-refractivity contribution >= 4 is 29.1 Å². The topological polar surface area (TPSA) is 96.5 Å². The lowest BCUT2D eigenvalue weighted by molar-refractivity contribution is -0.129. The predicted molar refractivity (Wildman–Crippen MR) is 89.6 cm³/mol. The number of amides is 3. The highest BCUT2D eigenvalue weighted by atomic mass is 32.1. The van der Waals surface area contributed by atoms with Gasteiger partial charge < -0.3 is 10.1 Å². The molecule has 3 N–H and O–H groups in total. The average molecular weight is 347 g/mol. The maximum absolute atomic E-state index is 11.6. The first-order chi connectivity index (χ1) is 11.5. The van der Waals surface area contributed by atoms with Gasteiger partial charge in [-0.1, -0.05) is 18.2 Å². The first kappa shape index (κ1) is 17.5. The molecule has 8 heteroatoms. The number of carbonyl (C=O) groups excluding carboxylic acids is 3. The van der Waals surface area contributed by atoms with Crippen LogP contribution in [0.5, 0.6) is 5.75 Å². The molecule has 0 aliphatic heterocycles. The van der Waals surface area contributed by atoms with Crippen LogP contribution in [0.1, 0.15) is 15.2 Å². The van der Waals surface area contributed by atoms with Gasteiger partial charge in [-0.15, -0.1) is 11.3 Å². The second-order valence-corrected chi connectivity index (χ2v) is 5.81. The quantitative estimate of drug-likeness (QED) is 0.680. The first-order valence-electron chi connectivity index (χ1n) is 7.13. The molecule has 0 aliphatic rings. The molecule has 0 radical (unpaired) electrons. The Morgan fingerprint density at radius 2 is 1.88 bits per heavy atom. The summed E-state index contributed by atoms with van der Waals surface area (Å²) in [5.41, 5.74) is 5.43. The van der Waals surface area contributed by atoms with E-state index in [1.807, 2.05) is 19.1 Å². The Balaban J connectivity index is 1.64. The van der Waals surface area contributed by atoms with Crippen molar-refractivity contribution in [1.29, 1.82) is 0 Å². The summed E-state index contributed by atoms with van der Waals surface area (Å²) in [5, 5.41) is 4.22. The highest BCUT2D eigenvalue weighted by Crippen LogP contribution is 2.11. The number of thiophene rings is 1. The number of hydrogen-bond acceptors (Lipinski definition) is 5. The molecule has 2 rings (SSSR count). The third-order valence-corrected chi connectivity index (χ3v) is 3.72. The van der Waals surface area contributed by atoms with E-state index in [9.17, 15) is 14.4 Å². The normalized spacial score (nSPS) is 9.88. The monoisotopic (exact) mass is 347 g/mol. The summed E-state index contributed by atoms with van der Waals surface area (Å²) in [4.78, 5) is 35.3. The number of hydrogen-bond donors (Lipinski definition) is 3. The van der Waals surface area contributed by atoms with Gasteiger partial charge in [0.2, 0.25) is 0 Å². The van der Waals surface area contributed by atoms with Gasteiger partial charge in [-0.2, -0.15) is 0 Å². The number of aryl methyl sites for hydroxylation is 1. The van der Waals surface area contributed by atoms with Crippen LogP contribution in [0.15, 0.2) is 41.8 Å². The summed E-state index contributed by atoms with van der Waals surface area (Å²) >= 11 is 1.28. The van der Waals surface area contributed by atoms with E-state index in [0.29, 0.717) is 10.6 Å². The standard InChI is InChI=1S/C16H17N3O4S/c1-11-4-2-5-12(8-11)23-10-15(21)19-18-14(20)9-17-16(22)13-6-3-7-24-13/h2-8H,9-10H2,1H3,(H,17,22)(H,18,20)(H,19,21).